The first-order valence-corrected chi connectivity index (χ1v) is 11.2. The number of phenols is 1. The molecule has 1 fully saturated rings. The molecule has 2 unspecified atom stereocenters. The van der Waals surface area contributed by atoms with Crippen LogP contribution in [0.4, 0.5) is 23.9 Å². The number of amides is 1. The fourth-order valence-electron chi connectivity index (χ4n) is 3.80. The maximum Gasteiger partial charge on any atom is 0.416 e. The van der Waals surface area contributed by atoms with Crippen molar-refractivity contribution in [2.45, 2.75) is 64.4 Å². The van der Waals surface area contributed by atoms with Crippen LogP contribution in [0, 0.1) is 6.92 Å². The summed E-state index contributed by atoms with van der Waals surface area (Å²) in [5.41, 5.74) is -1.26. The number of hydrogen-bond donors (Lipinski definition) is 2. The zero-order chi connectivity index (χ0) is 26.8. The lowest BCUT2D eigenvalue weighted by atomic mass is 9.98. The smallest absolute Gasteiger partial charge is 0.416 e. The molecule has 0 radical (unpaired) electrons. The van der Waals surface area contributed by atoms with Gasteiger partial charge in [0, 0.05) is 18.2 Å². The minimum atomic E-state index is -4.59. The van der Waals surface area contributed by atoms with E-state index in [1.807, 2.05) is 0 Å². The van der Waals surface area contributed by atoms with Crippen LogP contribution < -0.4 is 5.32 Å². The largest absolute Gasteiger partial charge is 0.507 e. The molecule has 2 aromatic rings. The lowest BCUT2D eigenvalue weighted by Gasteiger charge is -2.38. The monoisotopic (exact) mass is 511 g/mol. The van der Waals surface area contributed by atoms with Gasteiger partial charge in [-0.2, -0.15) is 13.2 Å². The second-order valence-electron chi connectivity index (χ2n) is 9.39. The fourth-order valence-corrected chi connectivity index (χ4v) is 3.80. The van der Waals surface area contributed by atoms with Crippen molar-refractivity contribution in [2.24, 2.45) is 0 Å². The number of halogens is 3. The van der Waals surface area contributed by atoms with Crippen molar-refractivity contribution in [3.8, 4) is 17.0 Å². The van der Waals surface area contributed by atoms with Crippen LogP contribution in [0.5, 0.6) is 5.75 Å². The van der Waals surface area contributed by atoms with Gasteiger partial charge in [0.05, 0.1) is 18.4 Å². The third-order valence-electron chi connectivity index (χ3n) is 5.46. The molecule has 0 bridgehead atoms. The summed E-state index contributed by atoms with van der Waals surface area (Å²) in [5, 5.41) is 21.2. The number of ether oxygens (including phenoxy) is 2. The standard InChI is InChI=1S/C23H28F3N5O5/c1-12-18(15-8-6-13(10-17(15)32)23(24,25)26)29-30-20(27-12)28-14-7-9-16(19(33)35-5)31(11-14)21(34)36-22(2,3)4/h6,8,10,14,16,32H,7,9,11H2,1-5H3,(H,27,28,30). The second kappa shape index (κ2) is 10.2. The lowest BCUT2D eigenvalue weighted by Crippen LogP contribution is -2.55. The number of piperidine rings is 1. The van der Waals surface area contributed by atoms with Gasteiger partial charge in [-0.15, -0.1) is 10.2 Å². The van der Waals surface area contributed by atoms with Crippen LogP contribution in [0.1, 0.15) is 44.9 Å². The Morgan fingerprint density at radius 1 is 1.17 bits per heavy atom. The van der Waals surface area contributed by atoms with Gasteiger partial charge in [-0.05, 0) is 58.7 Å². The van der Waals surface area contributed by atoms with Crippen LogP contribution in [0.25, 0.3) is 11.3 Å². The summed E-state index contributed by atoms with van der Waals surface area (Å²) < 4.78 is 48.9. The van der Waals surface area contributed by atoms with E-state index in [0.29, 0.717) is 24.6 Å². The number of nitrogens with zero attached hydrogens (tertiary/aromatic N) is 4. The average Bonchev–Trinajstić information content (AvgIpc) is 2.77. The number of carbonyl (C=O) groups excluding carboxylic acids is 2. The molecule has 196 valence electrons. The number of likely N-dealkylation sites (tertiary alicyclic amines) is 1. The normalized spacial score (nSPS) is 18.5. The molecule has 1 aromatic heterocycles. The van der Waals surface area contributed by atoms with Crippen molar-refractivity contribution in [1.29, 1.82) is 0 Å². The summed E-state index contributed by atoms with van der Waals surface area (Å²) in [4.78, 5) is 30.6. The van der Waals surface area contributed by atoms with Crippen molar-refractivity contribution >= 4 is 18.0 Å². The summed E-state index contributed by atoms with van der Waals surface area (Å²) in [6.07, 6.45) is -4.45. The van der Waals surface area contributed by atoms with Crippen LogP contribution in [-0.2, 0) is 20.4 Å². The molecule has 2 atom stereocenters. The molecule has 3 rings (SSSR count). The zero-order valence-electron chi connectivity index (χ0n) is 20.5. The number of aryl methyl sites for hydroxylation is 1. The Labute approximate surface area is 205 Å². The molecule has 1 aliphatic heterocycles. The average molecular weight is 512 g/mol. The maximum absolute atomic E-state index is 12.9. The first kappa shape index (κ1) is 27.0. The van der Waals surface area contributed by atoms with E-state index in [-0.39, 0.29) is 29.8 Å². The molecule has 0 saturated carbocycles. The molecular weight excluding hydrogens is 483 g/mol. The van der Waals surface area contributed by atoms with Crippen LogP contribution in [-0.4, -0.2) is 68.6 Å². The number of alkyl halides is 3. The van der Waals surface area contributed by atoms with Crippen molar-refractivity contribution < 1.29 is 37.3 Å². The van der Waals surface area contributed by atoms with E-state index in [9.17, 15) is 27.9 Å². The molecule has 0 spiro atoms. The molecule has 2 N–H and O–H groups in total. The van der Waals surface area contributed by atoms with Gasteiger partial charge in [0.15, 0.2) is 0 Å². The quantitative estimate of drug-likeness (QED) is 0.587. The van der Waals surface area contributed by atoms with Gasteiger partial charge < -0.3 is 19.9 Å². The van der Waals surface area contributed by atoms with Crippen LogP contribution in [0.2, 0.25) is 0 Å². The second-order valence-corrected chi connectivity index (χ2v) is 9.39. The highest BCUT2D eigenvalue weighted by molar-refractivity contribution is 5.82. The van der Waals surface area contributed by atoms with Crippen molar-refractivity contribution in [3.05, 3.63) is 29.5 Å². The molecule has 13 heteroatoms. The van der Waals surface area contributed by atoms with Crippen LogP contribution >= 0.6 is 0 Å². The van der Waals surface area contributed by atoms with E-state index in [1.54, 1.807) is 27.7 Å². The Morgan fingerprint density at radius 3 is 2.42 bits per heavy atom. The number of carbonyl (C=O) groups is 2. The summed E-state index contributed by atoms with van der Waals surface area (Å²) in [5.74, 6) is -1.03. The Balaban J connectivity index is 1.78. The highest BCUT2D eigenvalue weighted by Gasteiger charge is 2.39. The molecule has 10 nitrogen and oxygen atoms in total. The van der Waals surface area contributed by atoms with Gasteiger partial charge >= 0.3 is 18.2 Å². The summed E-state index contributed by atoms with van der Waals surface area (Å²) >= 11 is 0. The van der Waals surface area contributed by atoms with Gasteiger partial charge in [-0.1, -0.05) is 0 Å². The van der Waals surface area contributed by atoms with Gasteiger partial charge in [-0.25, -0.2) is 14.6 Å². The number of methoxy groups -OCH3 is 1. The third-order valence-corrected chi connectivity index (χ3v) is 5.46. The predicted molar refractivity (Wildman–Crippen MR) is 122 cm³/mol. The van der Waals surface area contributed by atoms with Gasteiger partial charge in [-0.3, -0.25) is 4.90 Å². The predicted octanol–water partition coefficient (Wildman–Crippen LogP) is 3.92. The van der Waals surface area contributed by atoms with E-state index in [4.69, 9.17) is 9.47 Å². The topological polar surface area (TPSA) is 127 Å². The first-order valence-electron chi connectivity index (χ1n) is 11.2. The Morgan fingerprint density at radius 2 is 1.86 bits per heavy atom. The lowest BCUT2D eigenvalue weighted by molar-refractivity contribution is -0.148. The van der Waals surface area contributed by atoms with Crippen LogP contribution in [0.3, 0.4) is 0 Å². The van der Waals surface area contributed by atoms with Crippen LogP contribution in [0.15, 0.2) is 18.2 Å². The van der Waals surface area contributed by atoms with Gasteiger partial charge in [0.2, 0.25) is 5.95 Å². The number of nitrogens with one attached hydrogen (secondary N) is 1. The zero-order valence-corrected chi connectivity index (χ0v) is 20.5. The number of rotatable bonds is 4. The molecule has 1 aromatic carbocycles. The van der Waals surface area contributed by atoms with Crippen molar-refractivity contribution in [2.75, 3.05) is 19.0 Å². The Kier molecular flexibility index (Phi) is 7.60. The van der Waals surface area contributed by atoms with Gasteiger partial charge in [0.25, 0.3) is 0 Å². The van der Waals surface area contributed by atoms with Crippen molar-refractivity contribution in [3.63, 3.8) is 0 Å². The molecule has 2 heterocycles. The minimum absolute atomic E-state index is 0.0572. The summed E-state index contributed by atoms with van der Waals surface area (Å²) in [6, 6.07) is 1.43. The maximum atomic E-state index is 12.9. The van der Waals surface area contributed by atoms with E-state index < -0.39 is 41.2 Å². The van der Waals surface area contributed by atoms with E-state index in [0.717, 1.165) is 12.1 Å². The van der Waals surface area contributed by atoms with Crippen molar-refractivity contribution in [1.82, 2.24) is 20.1 Å². The molecule has 1 amide bonds. The molecule has 1 aliphatic rings. The number of aromatic hydroxyl groups is 1. The Hall–Kier alpha value is -3.64. The number of benzene rings is 1. The third kappa shape index (κ3) is 6.32. The molecule has 0 aliphatic carbocycles. The molecule has 1 saturated heterocycles. The molecular formula is C23H28F3N5O5. The fraction of sp³-hybridized carbons (Fsp3) is 0.522. The molecule has 36 heavy (non-hydrogen) atoms. The highest BCUT2D eigenvalue weighted by atomic mass is 19.4. The number of aromatic nitrogens is 3. The van der Waals surface area contributed by atoms with E-state index in [2.05, 4.69) is 20.5 Å². The van der Waals surface area contributed by atoms with Gasteiger partial charge in [0.1, 0.15) is 23.1 Å². The number of hydrogen-bond acceptors (Lipinski definition) is 9. The summed E-state index contributed by atoms with van der Waals surface area (Å²) in [6.45, 7) is 6.84. The first-order chi connectivity index (χ1) is 16.7. The Bertz CT molecular complexity index is 1140. The number of anilines is 1. The van der Waals surface area contributed by atoms with E-state index >= 15 is 0 Å². The number of phenolic OH excluding ortho intramolecular Hbond substituents is 1. The van der Waals surface area contributed by atoms with E-state index in [1.165, 1.54) is 12.0 Å². The number of esters is 1. The minimum Gasteiger partial charge on any atom is -0.507 e. The SMILES string of the molecule is COC(=O)C1CCC(Nc2nnc(-c3ccc(C(F)(F)F)cc3O)c(C)n2)CN1C(=O)OC(C)(C)C. The summed E-state index contributed by atoms with van der Waals surface area (Å²) in [7, 11) is 1.25. The highest BCUT2D eigenvalue weighted by Crippen LogP contribution is 2.36.